The van der Waals surface area contributed by atoms with Gasteiger partial charge in [-0.25, -0.2) is 0 Å². The maximum absolute atomic E-state index is 2.81. The van der Waals surface area contributed by atoms with Crippen molar-refractivity contribution in [2.24, 2.45) is 35.5 Å². The molecule has 0 aromatic heterocycles. The predicted molar refractivity (Wildman–Crippen MR) is 214 cm³/mol. The molecular weight excluding hydrogens is 593 g/mol. The fraction of sp³-hybridized carbons (Fsp3) is 0.574. The second kappa shape index (κ2) is 12.1. The summed E-state index contributed by atoms with van der Waals surface area (Å²) >= 11 is 0. The van der Waals surface area contributed by atoms with E-state index in [0.717, 1.165) is 22.9 Å². The molecule has 2 aromatic rings. The number of allylic oxidation sites excluding steroid dienone is 8. The molecule has 0 bridgehead atoms. The Hall–Kier alpha value is -2.38. The van der Waals surface area contributed by atoms with Crippen LogP contribution in [0, 0.1) is 35.5 Å². The van der Waals surface area contributed by atoms with Crippen LogP contribution in [0.5, 0.6) is 0 Å². The molecule has 2 fully saturated rings. The van der Waals surface area contributed by atoms with Crippen LogP contribution in [0.2, 0.25) is 24.2 Å². The number of benzene rings is 2. The van der Waals surface area contributed by atoms with Gasteiger partial charge in [-0.15, -0.1) is 0 Å². The number of hydrogen-bond acceptors (Lipinski definition) is 0. The quantitative estimate of drug-likeness (QED) is 0.287. The first-order valence-electron chi connectivity index (χ1n) is 19.2. The molecule has 0 saturated heterocycles. The van der Waals surface area contributed by atoms with Gasteiger partial charge in [0, 0.05) is 0 Å². The highest BCUT2D eigenvalue weighted by molar-refractivity contribution is 6.80. The number of hydrogen-bond donors (Lipinski definition) is 0. The molecule has 8 atom stereocenters. The topological polar surface area (TPSA) is 0 Å². The fourth-order valence-corrected chi connectivity index (χ4v) is 17.5. The van der Waals surface area contributed by atoms with Crippen LogP contribution < -0.4 is 0 Å². The molecule has 0 heterocycles. The largest absolute Gasteiger partial charge is 0.0808 e. The molecule has 1 heteroatoms. The minimum absolute atomic E-state index is 0.126. The molecule has 258 valence electrons. The van der Waals surface area contributed by atoms with Crippen molar-refractivity contribution in [2.45, 2.75) is 136 Å². The van der Waals surface area contributed by atoms with Gasteiger partial charge in [0.15, 0.2) is 0 Å². The highest BCUT2D eigenvalue weighted by Crippen LogP contribution is 2.65. The van der Waals surface area contributed by atoms with Gasteiger partial charge < -0.3 is 0 Å². The second-order valence-electron chi connectivity index (χ2n) is 20.3. The molecule has 0 aliphatic heterocycles. The first-order valence-corrected chi connectivity index (χ1v) is 22.4. The Kier molecular flexibility index (Phi) is 8.96. The summed E-state index contributed by atoms with van der Waals surface area (Å²) in [4.78, 5) is 0. The average molecular weight is 659 g/mol. The van der Waals surface area contributed by atoms with E-state index in [2.05, 4.69) is 169 Å². The Morgan fingerprint density at radius 3 is 1.67 bits per heavy atom. The van der Waals surface area contributed by atoms with Crippen molar-refractivity contribution in [3.63, 3.8) is 0 Å². The molecule has 48 heavy (non-hydrogen) atoms. The summed E-state index contributed by atoms with van der Waals surface area (Å²) in [6, 6.07) is 17.2. The lowest BCUT2D eigenvalue weighted by molar-refractivity contribution is 0.482. The van der Waals surface area contributed by atoms with E-state index in [-0.39, 0.29) is 16.2 Å². The van der Waals surface area contributed by atoms with Gasteiger partial charge in [-0.2, -0.15) is 0 Å². The van der Waals surface area contributed by atoms with Crippen molar-refractivity contribution >= 4 is 19.2 Å². The summed E-state index contributed by atoms with van der Waals surface area (Å²) in [6.07, 6.45) is 15.2. The summed E-state index contributed by atoms with van der Waals surface area (Å²) < 4.78 is 0. The van der Waals surface area contributed by atoms with Gasteiger partial charge in [0.2, 0.25) is 0 Å². The molecule has 0 spiro atoms. The smallest absolute Gasteiger partial charge is 0.0553 e. The second-order valence-corrected chi connectivity index (χ2v) is 25.3. The maximum Gasteiger partial charge on any atom is 0.0553 e. The monoisotopic (exact) mass is 658 g/mol. The van der Waals surface area contributed by atoms with Gasteiger partial charge in [-0.1, -0.05) is 168 Å². The van der Waals surface area contributed by atoms with Gasteiger partial charge in [0.05, 0.1) is 8.07 Å². The summed E-state index contributed by atoms with van der Waals surface area (Å²) in [5.41, 5.74) is 14.2. The van der Waals surface area contributed by atoms with E-state index in [9.17, 15) is 0 Å². The lowest BCUT2D eigenvalue weighted by Crippen LogP contribution is -2.46. The third-order valence-electron chi connectivity index (χ3n) is 13.4. The van der Waals surface area contributed by atoms with Crippen LogP contribution in [0.1, 0.15) is 124 Å². The van der Waals surface area contributed by atoms with E-state index in [4.69, 9.17) is 0 Å². The zero-order chi connectivity index (χ0) is 35.1. The fourth-order valence-electron chi connectivity index (χ4n) is 11.1. The standard InChI is InChI=1S/C47H66Si/c1-29-18-23-38(33-26-35(46(7,8)9)28-36(27-33)47(10,11)12)41-25-31(3)44(42(29)41)48(13,14)43-30(2)24-40-37(16-15-17-39(40)43)32-19-21-34(22-20-32)45(4,5)6/h15-23,26-28,30-31,39-44H,24-25H2,1-14H3. The molecule has 2 aromatic carbocycles. The molecule has 6 rings (SSSR count). The summed E-state index contributed by atoms with van der Waals surface area (Å²) in [7, 11) is -1.74. The minimum Gasteiger partial charge on any atom is -0.0808 e. The maximum atomic E-state index is 2.81. The van der Waals surface area contributed by atoms with Gasteiger partial charge in [-0.3, -0.25) is 0 Å². The van der Waals surface area contributed by atoms with Crippen LogP contribution in [0.25, 0.3) is 11.1 Å². The zero-order valence-corrected chi connectivity index (χ0v) is 34.0. The van der Waals surface area contributed by atoms with E-state index < -0.39 is 8.07 Å². The van der Waals surface area contributed by atoms with Crippen molar-refractivity contribution in [1.29, 1.82) is 0 Å². The normalized spacial score (nSPS) is 30.8. The van der Waals surface area contributed by atoms with Gasteiger partial charge in [0.1, 0.15) is 0 Å². The van der Waals surface area contributed by atoms with Gasteiger partial charge in [0.25, 0.3) is 0 Å². The van der Waals surface area contributed by atoms with Crippen molar-refractivity contribution in [3.05, 3.63) is 106 Å². The van der Waals surface area contributed by atoms with Crippen LogP contribution in [-0.4, -0.2) is 8.07 Å². The average Bonchev–Trinajstić information content (AvgIpc) is 3.53. The molecule has 0 N–H and O–H groups in total. The van der Waals surface area contributed by atoms with Crippen LogP contribution in [0.15, 0.2) is 78.4 Å². The minimum atomic E-state index is -1.74. The first-order chi connectivity index (χ1) is 22.2. The first kappa shape index (κ1) is 35.4. The summed E-state index contributed by atoms with van der Waals surface area (Å²) in [6.45, 7) is 34.5. The lowest BCUT2D eigenvalue weighted by atomic mass is 9.74. The molecule has 2 saturated carbocycles. The summed E-state index contributed by atoms with van der Waals surface area (Å²) in [5, 5.41) is 0. The number of rotatable bonds is 4. The van der Waals surface area contributed by atoms with Crippen LogP contribution in [-0.2, 0) is 16.2 Å². The van der Waals surface area contributed by atoms with E-state index >= 15 is 0 Å². The van der Waals surface area contributed by atoms with Crippen molar-refractivity contribution < 1.29 is 0 Å². The van der Waals surface area contributed by atoms with Gasteiger partial charge in [-0.05, 0) is 122 Å². The molecule has 4 aliphatic rings. The Labute approximate surface area is 296 Å². The molecule has 0 radical (unpaired) electrons. The molecule has 8 unspecified atom stereocenters. The Balaban J connectivity index is 1.32. The van der Waals surface area contributed by atoms with E-state index in [1.807, 2.05) is 0 Å². The van der Waals surface area contributed by atoms with E-state index in [1.54, 1.807) is 16.7 Å². The third-order valence-corrected chi connectivity index (χ3v) is 18.8. The third kappa shape index (κ3) is 6.25. The number of fused-ring (bicyclic) bond motifs is 2. The summed E-state index contributed by atoms with van der Waals surface area (Å²) in [5.74, 6) is 4.10. The highest BCUT2D eigenvalue weighted by Gasteiger charge is 2.58. The highest BCUT2D eigenvalue weighted by atomic mass is 28.3. The van der Waals surface area contributed by atoms with E-state index in [1.165, 1.54) is 40.7 Å². The van der Waals surface area contributed by atoms with Gasteiger partial charge >= 0.3 is 0 Å². The van der Waals surface area contributed by atoms with Crippen molar-refractivity contribution in [3.8, 4) is 0 Å². The van der Waals surface area contributed by atoms with E-state index in [0.29, 0.717) is 23.7 Å². The van der Waals surface area contributed by atoms with Crippen LogP contribution in [0.3, 0.4) is 0 Å². The Morgan fingerprint density at radius 1 is 0.583 bits per heavy atom. The molecular formula is C47H66Si. The Bertz CT molecular complexity index is 1620. The molecule has 0 nitrogen and oxygen atoms in total. The SMILES string of the molecule is CC1=CC=C(c2cc(C(C)(C)C)cc(C(C)(C)C)c2)C2CC(C)C([Si](C)(C)C3C(C)CC4C(c5ccc(C(C)(C)C)cc5)=CC=CC43)C12. The van der Waals surface area contributed by atoms with Crippen LogP contribution >= 0.6 is 0 Å². The Morgan fingerprint density at radius 2 is 1.10 bits per heavy atom. The van der Waals surface area contributed by atoms with Crippen LogP contribution in [0.4, 0.5) is 0 Å². The zero-order valence-electron chi connectivity index (χ0n) is 33.0. The predicted octanol–water partition coefficient (Wildman–Crippen LogP) is 13.6. The lowest BCUT2D eigenvalue weighted by Gasteiger charge is -2.47. The van der Waals surface area contributed by atoms with Crippen molar-refractivity contribution in [2.75, 3.05) is 0 Å². The molecule has 4 aliphatic carbocycles. The van der Waals surface area contributed by atoms with Crippen molar-refractivity contribution in [1.82, 2.24) is 0 Å². The molecule has 0 amide bonds.